The average Bonchev–Trinajstić information content (AvgIpc) is 2.96. The highest BCUT2D eigenvalue weighted by Gasteiger charge is 2.24. The number of rotatable bonds is 13. The van der Waals surface area contributed by atoms with Crippen LogP contribution in [0.3, 0.4) is 0 Å². The van der Waals surface area contributed by atoms with Crippen molar-refractivity contribution >= 4 is 5.97 Å². The number of unbranched alkanes of at least 4 members (excludes halogenated alkanes) is 5. The van der Waals surface area contributed by atoms with Crippen LogP contribution in [0.5, 0.6) is 0 Å². The molecule has 0 aromatic rings. The Morgan fingerprint density at radius 1 is 1.13 bits per heavy atom. The number of carbonyl (C=O) groups is 1. The summed E-state index contributed by atoms with van der Waals surface area (Å²) in [6.07, 6.45) is 18.1. The minimum atomic E-state index is -0.677. The molecule has 0 aromatic heterocycles. The van der Waals surface area contributed by atoms with Crippen molar-refractivity contribution in [2.45, 2.75) is 96.5 Å². The van der Waals surface area contributed by atoms with E-state index in [9.17, 15) is 9.90 Å². The third-order valence-corrected chi connectivity index (χ3v) is 5.12. The van der Waals surface area contributed by atoms with E-state index in [0.717, 1.165) is 38.0 Å². The van der Waals surface area contributed by atoms with Crippen LogP contribution in [0.1, 0.15) is 90.4 Å². The van der Waals surface area contributed by atoms with Gasteiger partial charge < -0.3 is 10.2 Å². The van der Waals surface area contributed by atoms with Gasteiger partial charge >= 0.3 is 5.97 Å². The molecule has 1 aliphatic rings. The van der Waals surface area contributed by atoms with Crippen LogP contribution in [0.4, 0.5) is 0 Å². The SMILES string of the molecule is CCCCCC(O)/C=C/C1CCCC1CCCCCCC(=O)O. The van der Waals surface area contributed by atoms with Gasteiger partial charge in [-0.15, -0.1) is 0 Å². The predicted octanol–water partition coefficient (Wildman–Crippen LogP) is 5.33. The number of aliphatic hydroxyl groups excluding tert-OH is 1. The maximum Gasteiger partial charge on any atom is 0.303 e. The van der Waals surface area contributed by atoms with Crippen LogP contribution in [0.2, 0.25) is 0 Å². The first kappa shape index (κ1) is 20.2. The third-order valence-electron chi connectivity index (χ3n) is 5.12. The van der Waals surface area contributed by atoms with Gasteiger partial charge in [-0.1, -0.05) is 64.0 Å². The Morgan fingerprint density at radius 3 is 2.65 bits per heavy atom. The largest absolute Gasteiger partial charge is 0.481 e. The molecule has 0 heterocycles. The van der Waals surface area contributed by atoms with Crippen LogP contribution >= 0.6 is 0 Å². The molecule has 3 unspecified atom stereocenters. The first-order valence-electron chi connectivity index (χ1n) is 9.71. The summed E-state index contributed by atoms with van der Waals surface area (Å²) < 4.78 is 0. The molecule has 1 fully saturated rings. The second-order valence-corrected chi connectivity index (χ2v) is 7.15. The van der Waals surface area contributed by atoms with Gasteiger partial charge in [0.2, 0.25) is 0 Å². The summed E-state index contributed by atoms with van der Waals surface area (Å²) in [5.41, 5.74) is 0. The minimum absolute atomic E-state index is 0.265. The van der Waals surface area contributed by atoms with Gasteiger partial charge in [0.05, 0.1) is 6.10 Å². The van der Waals surface area contributed by atoms with E-state index in [0.29, 0.717) is 12.3 Å². The van der Waals surface area contributed by atoms with Crippen molar-refractivity contribution < 1.29 is 15.0 Å². The summed E-state index contributed by atoms with van der Waals surface area (Å²) >= 11 is 0. The van der Waals surface area contributed by atoms with E-state index in [2.05, 4.69) is 13.0 Å². The lowest BCUT2D eigenvalue weighted by molar-refractivity contribution is -0.137. The standard InChI is InChI=1S/C20H36O3/c1-2-3-6-13-19(21)16-15-18-12-9-11-17(18)10-7-4-5-8-14-20(22)23/h15-19,21H,2-14H2,1H3,(H,22,23)/b16-15+. The highest BCUT2D eigenvalue weighted by Crippen LogP contribution is 2.36. The van der Waals surface area contributed by atoms with Gasteiger partial charge in [0, 0.05) is 6.42 Å². The summed E-state index contributed by atoms with van der Waals surface area (Å²) in [7, 11) is 0. The first-order chi connectivity index (χ1) is 11.1. The van der Waals surface area contributed by atoms with E-state index in [-0.39, 0.29) is 6.10 Å². The van der Waals surface area contributed by atoms with Crippen molar-refractivity contribution in [3.8, 4) is 0 Å². The molecule has 0 amide bonds. The molecule has 2 N–H and O–H groups in total. The Hall–Kier alpha value is -0.830. The van der Waals surface area contributed by atoms with E-state index in [4.69, 9.17) is 5.11 Å². The molecule has 0 aliphatic heterocycles. The number of allylic oxidation sites excluding steroid dienone is 1. The quantitative estimate of drug-likeness (QED) is 0.356. The molecule has 0 spiro atoms. The normalized spacial score (nSPS) is 22.7. The fraction of sp³-hybridized carbons (Fsp3) is 0.850. The van der Waals surface area contributed by atoms with E-state index in [1.54, 1.807) is 0 Å². The average molecular weight is 325 g/mol. The van der Waals surface area contributed by atoms with Crippen molar-refractivity contribution in [3.63, 3.8) is 0 Å². The molecule has 134 valence electrons. The maximum absolute atomic E-state index is 10.5. The van der Waals surface area contributed by atoms with Gasteiger partial charge in [-0.3, -0.25) is 4.79 Å². The van der Waals surface area contributed by atoms with Crippen molar-refractivity contribution in [1.29, 1.82) is 0 Å². The van der Waals surface area contributed by atoms with E-state index in [1.807, 2.05) is 6.08 Å². The molecule has 0 saturated heterocycles. The fourth-order valence-corrected chi connectivity index (χ4v) is 3.68. The number of carboxylic acids is 1. The Labute approximate surface area is 142 Å². The zero-order valence-corrected chi connectivity index (χ0v) is 14.9. The lowest BCUT2D eigenvalue weighted by Crippen LogP contribution is -2.08. The van der Waals surface area contributed by atoms with E-state index < -0.39 is 5.97 Å². The smallest absolute Gasteiger partial charge is 0.303 e. The summed E-state index contributed by atoms with van der Waals surface area (Å²) in [6.45, 7) is 2.19. The molecule has 0 bridgehead atoms. The van der Waals surface area contributed by atoms with Crippen LogP contribution in [0, 0.1) is 11.8 Å². The number of aliphatic hydroxyl groups is 1. The zero-order chi connectivity index (χ0) is 16.9. The first-order valence-corrected chi connectivity index (χ1v) is 9.71. The predicted molar refractivity (Wildman–Crippen MR) is 95.5 cm³/mol. The third kappa shape index (κ3) is 9.80. The van der Waals surface area contributed by atoms with Crippen molar-refractivity contribution in [2.24, 2.45) is 11.8 Å². The van der Waals surface area contributed by atoms with Crippen LogP contribution in [0.25, 0.3) is 0 Å². The van der Waals surface area contributed by atoms with Gasteiger partial charge in [-0.05, 0) is 43.9 Å². The molecular weight excluding hydrogens is 288 g/mol. The van der Waals surface area contributed by atoms with E-state index in [1.165, 1.54) is 44.9 Å². The van der Waals surface area contributed by atoms with Crippen LogP contribution in [-0.2, 0) is 4.79 Å². The van der Waals surface area contributed by atoms with Crippen molar-refractivity contribution in [2.75, 3.05) is 0 Å². The van der Waals surface area contributed by atoms with Crippen LogP contribution < -0.4 is 0 Å². The summed E-state index contributed by atoms with van der Waals surface area (Å²) in [5.74, 6) is 0.742. The summed E-state index contributed by atoms with van der Waals surface area (Å²) in [5, 5.41) is 18.6. The molecular formula is C20H36O3. The fourth-order valence-electron chi connectivity index (χ4n) is 3.68. The highest BCUT2D eigenvalue weighted by atomic mass is 16.4. The molecule has 1 aliphatic carbocycles. The summed E-state index contributed by atoms with van der Waals surface area (Å²) in [4.78, 5) is 10.5. The topological polar surface area (TPSA) is 57.5 Å². The number of hydrogen-bond donors (Lipinski definition) is 2. The maximum atomic E-state index is 10.5. The lowest BCUT2D eigenvalue weighted by atomic mass is 9.89. The molecule has 1 saturated carbocycles. The van der Waals surface area contributed by atoms with Gasteiger partial charge in [0.1, 0.15) is 0 Å². The molecule has 0 aromatic carbocycles. The molecule has 3 heteroatoms. The zero-order valence-electron chi connectivity index (χ0n) is 14.9. The monoisotopic (exact) mass is 324 g/mol. The van der Waals surface area contributed by atoms with Gasteiger partial charge in [-0.25, -0.2) is 0 Å². The second kappa shape index (κ2) is 12.6. The molecule has 0 radical (unpaired) electrons. The Morgan fingerprint density at radius 2 is 1.91 bits per heavy atom. The Bertz CT molecular complexity index is 338. The van der Waals surface area contributed by atoms with Crippen molar-refractivity contribution in [1.82, 2.24) is 0 Å². The Balaban J connectivity index is 2.16. The Kier molecular flexibility index (Phi) is 11.1. The molecule has 3 nitrogen and oxygen atoms in total. The minimum Gasteiger partial charge on any atom is -0.481 e. The van der Waals surface area contributed by atoms with Crippen LogP contribution in [0.15, 0.2) is 12.2 Å². The van der Waals surface area contributed by atoms with Crippen molar-refractivity contribution in [3.05, 3.63) is 12.2 Å². The van der Waals surface area contributed by atoms with Gasteiger partial charge in [-0.2, -0.15) is 0 Å². The number of aliphatic carboxylic acids is 1. The van der Waals surface area contributed by atoms with Crippen LogP contribution in [-0.4, -0.2) is 22.3 Å². The van der Waals surface area contributed by atoms with Gasteiger partial charge in [0.15, 0.2) is 0 Å². The lowest BCUT2D eigenvalue weighted by Gasteiger charge is -2.16. The summed E-state index contributed by atoms with van der Waals surface area (Å²) in [6, 6.07) is 0. The highest BCUT2D eigenvalue weighted by molar-refractivity contribution is 5.66. The second-order valence-electron chi connectivity index (χ2n) is 7.15. The molecule has 3 atom stereocenters. The van der Waals surface area contributed by atoms with E-state index >= 15 is 0 Å². The molecule has 23 heavy (non-hydrogen) atoms. The number of hydrogen-bond acceptors (Lipinski definition) is 2. The molecule has 1 rings (SSSR count). The van der Waals surface area contributed by atoms with Gasteiger partial charge in [0.25, 0.3) is 0 Å². The number of carboxylic acid groups (broad SMARTS) is 1.